The lowest BCUT2D eigenvalue weighted by Crippen LogP contribution is -2.10. The predicted octanol–water partition coefficient (Wildman–Crippen LogP) is 2.71. The number of hydrogen-bond donors (Lipinski definition) is 1. The van der Waals surface area contributed by atoms with Crippen molar-refractivity contribution in [2.45, 2.75) is 19.3 Å². The van der Waals surface area contributed by atoms with Crippen LogP contribution in [0.15, 0.2) is 18.2 Å². The minimum absolute atomic E-state index is 0.305. The molecule has 0 unspecified atom stereocenters. The highest BCUT2D eigenvalue weighted by molar-refractivity contribution is 6.07. The van der Waals surface area contributed by atoms with Crippen LogP contribution in [0.1, 0.15) is 29.6 Å². The maximum absolute atomic E-state index is 11.8. The zero-order valence-electron chi connectivity index (χ0n) is 15.2. The van der Waals surface area contributed by atoms with Gasteiger partial charge in [0.15, 0.2) is 6.29 Å². The summed E-state index contributed by atoms with van der Waals surface area (Å²) in [5.41, 5.74) is 5.50. The first-order valence-corrected chi connectivity index (χ1v) is 8.18. The van der Waals surface area contributed by atoms with Gasteiger partial charge in [-0.25, -0.2) is 0 Å². The van der Waals surface area contributed by atoms with Gasteiger partial charge in [0.05, 0.1) is 38.9 Å². The molecule has 0 aromatic heterocycles. The molecule has 0 heterocycles. The number of ether oxygens (including phenoxy) is 4. The first-order chi connectivity index (χ1) is 12.5. The fourth-order valence-corrected chi connectivity index (χ4v) is 2.72. The minimum atomic E-state index is -0.342. The van der Waals surface area contributed by atoms with Crippen LogP contribution in [0.25, 0.3) is 10.8 Å². The van der Waals surface area contributed by atoms with Crippen LogP contribution in [0.2, 0.25) is 0 Å². The molecular formula is C19H23NO6. The summed E-state index contributed by atoms with van der Waals surface area (Å²) in [4.78, 5) is 22.5. The summed E-state index contributed by atoms with van der Waals surface area (Å²) in [7, 11) is 4.62. The highest BCUT2D eigenvalue weighted by atomic mass is 16.5. The first-order valence-electron chi connectivity index (χ1n) is 8.18. The third kappa shape index (κ3) is 4.17. The Balaban J connectivity index is 2.44. The third-order valence-electron chi connectivity index (χ3n) is 4.01. The third-order valence-corrected chi connectivity index (χ3v) is 4.01. The summed E-state index contributed by atoms with van der Waals surface area (Å²) >= 11 is 0. The molecule has 2 rings (SSSR count). The number of carbonyl (C=O) groups excluding carboxylic acids is 2. The van der Waals surface area contributed by atoms with Crippen LogP contribution < -0.4 is 24.7 Å². The summed E-state index contributed by atoms with van der Waals surface area (Å²) in [6.07, 6.45) is 2.31. The fraction of sp³-hybridized carbons (Fsp3) is 0.368. The number of fused-ring (bicyclic) bond motifs is 1. The van der Waals surface area contributed by atoms with E-state index < -0.39 is 0 Å². The number of amides is 1. The van der Waals surface area contributed by atoms with Crippen molar-refractivity contribution >= 4 is 23.0 Å². The van der Waals surface area contributed by atoms with Crippen LogP contribution in [-0.2, 0) is 4.79 Å². The highest BCUT2D eigenvalue weighted by Crippen LogP contribution is 2.42. The van der Waals surface area contributed by atoms with E-state index in [1.54, 1.807) is 18.2 Å². The maximum atomic E-state index is 11.8. The van der Waals surface area contributed by atoms with E-state index in [-0.39, 0.29) is 5.91 Å². The molecule has 0 bridgehead atoms. The molecule has 7 nitrogen and oxygen atoms in total. The van der Waals surface area contributed by atoms with E-state index in [1.807, 2.05) is 0 Å². The molecule has 0 fully saturated rings. The second-order valence-corrected chi connectivity index (χ2v) is 5.63. The van der Waals surface area contributed by atoms with Crippen LogP contribution >= 0.6 is 0 Å². The van der Waals surface area contributed by atoms with Gasteiger partial charge in [-0.15, -0.1) is 0 Å². The zero-order valence-corrected chi connectivity index (χ0v) is 15.2. The topological polar surface area (TPSA) is 97.1 Å². The second-order valence-electron chi connectivity index (χ2n) is 5.63. The Morgan fingerprint density at radius 3 is 2.27 bits per heavy atom. The van der Waals surface area contributed by atoms with E-state index in [2.05, 4.69) is 0 Å². The van der Waals surface area contributed by atoms with Gasteiger partial charge in [0.25, 0.3) is 0 Å². The molecule has 0 saturated carbocycles. The summed E-state index contributed by atoms with van der Waals surface area (Å²) in [5, 5.41) is 1.28. The van der Waals surface area contributed by atoms with Crippen LogP contribution in [0.4, 0.5) is 0 Å². The van der Waals surface area contributed by atoms with Crippen LogP contribution in [-0.4, -0.2) is 40.1 Å². The summed E-state index contributed by atoms with van der Waals surface area (Å²) < 4.78 is 21.9. The Hall–Kier alpha value is -2.96. The summed E-state index contributed by atoms with van der Waals surface area (Å²) in [5.74, 6) is 1.67. The number of benzene rings is 2. The normalized spacial score (nSPS) is 10.4. The number of aldehydes is 1. The van der Waals surface area contributed by atoms with Gasteiger partial charge in [-0.1, -0.05) is 0 Å². The maximum Gasteiger partial charge on any atom is 0.217 e. The molecule has 7 heteroatoms. The smallest absolute Gasteiger partial charge is 0.217 e. The molecule has 2 aromatic rings. The van der Waals surface area contributed by atoms with Crippen molar-refractivity contribution in [2.75, 3.05) is 27.9 Å². The van der Waals surface area contributed by atoms with Crippen LogP contribution in [0, 0.1) is 0 Å². The molecule has 0 aliphatic carbocycles. The Kier molecular flexibility index (Phi) is 6.66. The molecule has 0 aliphatic heterocycles. The van der Waals surface area contributed by atoms with Crippen molar-refractivity contribution in [2.24, 2.45) is 5.73 Å². The lowest BCUT2D eigenvalue weighted by Gasteiger charge is -2.17. The van der Waals surface area contributed by atoms with Gasteiger partial charge in [-0.3, -0.25) is 9.59 Å². The Morgan fingerprint density at radius 2 is 1.69 bits per heavy atom. The lowest BCUT2D eigenvalue weighted by molar-refractivity contribution is -0.118. The van der Waals surface area contributed by atoms with Gasteiger partial charge < -0.3 is 24.7 Å². The molecule has 0 saturated heterocycles. The van der Waals surface area contributed by atoms with Crippen molar-refractivity contribution in [3.63, 3.8) is 0 Å². The van der Waals surface area contributed by atoms with Gasteiger partial charge in [0.1, 0.15) is 23.0 Å². The molecule has 2 N–H and O–H groups in total. The molecule has 0 atom stereocenters. The zero-order chi connectivity index (χ0) is 19.1. The van der Waals surface area contributed by atoms with Crippen LogP contribution in [0.5, 0.6) is 23.0 Å². The molecule has 0 spiro atoms. The average Bonchev–Trinajstić information content (AvgIpc) is 2.65. The number of methoxy groups -OCH3 is 3. The van der Waals surface area contributed by atoms with Gasteiger partial charge in [0.2, 0.25) is 5.91 Å². The first kappa shape index (κ1) is 19.4. The van der Waals surface area contributed by atoms with Gasteiger partial charge in [0, 0.05) is 23.9 Å². The van der Waals surface area contributed by atoms with Gasteiger partial charge >= 0.3 is 0 Å². The summed E-state index contributed by atoms with van der Waals surface area (Å²) in [6, 6.07) is 5.13. The van der Waals surface area contributed by atoms with Crippen molar-refractivity contribution in [3.05, 3.63) is 23.8 Å². The number of nitrogens with two attached hydrogens (primary N) is 1. The molecule has 0 aliphatic rings. The lowest BCUT2D eigenvalue weighted by atomic mass is 10.0. The Bertz CT molecular complexity index is 802. The quantitative estimate of drug-likeness (QED) is 0.516. The average molecular weight is 361 g/mol. The van der Waals surface area contributed by atoms with E-state index in [0.717, 1.165) is 6.29 Å². The van der Waals surface area contributed by atoms with E-state index in [9.17, 15) is 9.59 Å². The highest BCUT2D eigenvalue weighted by Gasteiger charge is 2.18. The second kappa shape index (κ2) is 8.94. The monoisotopic (exact) mass is 361 g/mol. The van der Waals surface area contributed by atoms with E-state index in [1.165, 1.54) is 21.3 Å². The number of carbonyl (C=O) groups is 2. The molecule has 26 heavy (non-hydrogen) atoms. The fourth-order valence-electron chi connectivity index (χ4n) is 2.72. The number of primary amides is 1. The largest absolute Gasteiger partial charge is 0.497 e. The molecule has 140 valence electrons. The molecular weight excluding hydrogens is 338 g/mol. The number of hydrogen-bond acceptors (Lipinski definition) is 6. The molecule has 2 aromatic carbocycles. The van der Waals surface area contributed by atoms with Crippen molar-refractivity contribution in [1.82, 2.24) is 0 Å². The van der Waals surface area contributed by atoms with Crippen LogP contribution in [0.3, 0.4) is 0 Å². The van der Waals surface area contributed by atoms with Gasteiger partial charge in [-0.2, -0.15) is 0 Å². The summed E-state index contributed by atoms with van der Waals surface area (Å²) in [6.45, 7) is 0.351. The molecule has 1 amide bonds. The van der Waals surface area contributed by atoms with Gasteiger partial charge in [-0.05, 0) is 18.9 Å². The SMILES string of the molecule is COc1cc(OC)c2c(OC)cc(OCCCCC(N)=O)c(C=O)c2c1. The van der Waals surface area contributed by atoms with E-state index in [4.69, 9.17) is 24.7 Å². The number of unbranched alkanes of at least 4 members (excludes halogenated alkanes) is 1. The Labute approximate surface area is 152 Å². The van der Waals surface area contributed by atoms with E-state index >= 15 is 0 Å². The Morgan fingerprint density at radius 1 is 1.00 bits per heavy atom. The van der Waals surface area contributed by atoms with E-state index in [0.29, 0.717) is 65.2 Å². The van der Waals surface area contributed by atoms with Crippen molar-refractivity contribution < 1.29 is 28.5 Å². The minimum Gasteiger partial charge on any atom is -0.497 e. The van der Waals surface area contributed by atoms with Crippen molar-refractivity contribution in [3.8, 4) is 23.0 Å². The number of rotatable bonds is 10. The standard InChI is InChI=1S/C19H23NO6/c1-23-12-8-13-14(11-21)15(26-7-5-4-6-18(20)22)10-17(25-3)19(13)16(9-12)24-2/h8-11H,4-7H2,1-3H3,(H2,20,22). The predicted molar refractivity (Wildman–Crippen MR) is 97.5 cm³/mol. The molecule has 0 radical (unpaired) electrons. The van der Waals surface area contributed by atoms with Crippen molar-refractivity contribution in [1.29, 1.82) is 0 Å².